The van der Waals surface area contributed by atoms with Crippen LogP contribution in [0.15, 0.2) is 0 Å². The van der Waals surface area contributed by atoms with Crippen molar-refractivity contribution in [3.05, 3.63) is 0 Å². The van der Waals surface area contributed by atoms with E-state index in [2.05, 4.69) is 0 Å². The van der Waals surface area contributed by atoms with E-state index in [-0.39, 0.29) is 56.6 Å². The van der Waals surface area contributed by atoms with Crippen LogP contribution < -0.4 is 0 Å². The van der Waals surface area contributed by atoms with Gasteiger partial charge in [0.15, 0.2) is 0 Å². The van der Waals surface area contributed by atoms with Crippen LogP contribution in [-0.4, -0.2) is 38.3 Å². The van der Waals surface area contributed by atoms with Gasteiger partial charge < -0.3 is 32.1 Å². The summed E-state index contributed by atoms with van der Waals surface area (Å²) in [6.45, 7) is 0. The Morgan fingerprint density at radius 3 is 0.800 bits per heavy atom. The van der Waals surface area contributed by atoms with Crippen molar-refractivity contribution in [1.82, 2.24) is 0 Å². The Morgan fingerprint density at radius 1 is 0.800 bits per heavy atom. The maximum absolute atomic E-state index is 8.56. The molecule has 0 aliphatic rings. The molecule has 10 N–H and O–H groups in total. The molecule has 0 atom stereocenters. The van der Waals surface area contributed by atoms with E-state index in [1.54, 1.807) is 0 Å². The summed E-state index contributed by atoms with van der Waals surface area (Å²) in [4.78, 5) is 8.56. The van der Waals surface area contributed by atoms with Gasteiger partial charge in [0.1, 0.15) is 0 Å². The van der Waals surface area contributed by atoms with E-state index in [1.807, 2.05) is 0 Å². The molecule has 7 nitrogen and oxygen atoms in total. The maximum Gasteiger partial charge on any atom is 0.503 e. The molecular formula is CH10Cr2O7. The van der Waals surface area contributed by atoms with Crippen molar-refractivity contribution < 1.29 is 71.6 Å². The molecule has 0 aromatic rings. The molecule has 0 heterocycles. The molecule has 0 amide bonds. The number of hydrogen-bond donors (Lipinski definition) is 2. The average Bonchev–Trinajstić information content (AvgIpc) is 0.811. The van der Waals surface area contributed by atoms with Crippen molar-refractivity contribution in [3.63, 3.8) is 0 Å². The van der Waals surface area contributed by atoms with Crippen molar-refractivity contribution in [2.24, 2.45) is 0 Å². The third-order valence-corrected chi connectivity index (χ3v) is 0. The Kier molecular flexibility index (Phi) is 517. The van der Waals surface area contributed by atoms with E-state index in [9.17, 15) is 0 Å². The summed E-state index contributed by atoms with van der Waals surface area (Å²) >= 11 is 0. The summed E-state index contributed by atoms with van der Waals surface area (Å²) in [6.07, 6.45) is -1.83. The van der Waals surface area contributed by atoms with Gasteiger partial charge >= 0.3 is 6.16 Å². The smallest absolute Gasteiger partial charge is 0.450 e. The molecule has 0 unspecified atom stereocenters. The fourth-order valence-corrected chi connectivity index (χ4v) is 0. The van der Waals surface area contributed by atoms with Gasteiger partial charge in [-0.3, -0.25) is 0 Å². The zero-order valence-electron chi connectivity index (χ0n) is 4.62. The van der Waals surface area contributed by atoms with Gasteiger partial charge in [-0.1, -0.05) is 0 Å². The molecular weight excluding hydrogens is 228 g/mol. The van der Waals surface area contributed by atoms with Gasteiger partial charge in [0.05, 0.1) is 0 Å². The summed E-state index contributed by atoms with van der Waals surface area (Å²) in [5, 5.41) is 13.9. The minimum absolute atomic E-state index is 0. The van der Waals surface area contributed by atoms with Crippen molar-refractivity contribution in [2.75, 3.05) is 0 Å². The van der Waals surface area contributed by atoms with Crippen LogP contribution in [0.25, 0.3) is 0 Å². The molecule has 10 heavy (non-hydrogen) atoms. The molecule has 0 aromatic carbocycles. The van der Waals surface area contributed by atoms with Gasteiger partial charge in [-0.05, 0) is 0 Å². The Balaban J connectivity index is -0.00000000300. The fourth-order valence-electron chi connectivity index (χ4n) is 0. The molecule has 0 bridgehead atoms. The van der Waals surface area contributed by atoms with Crippen LogP contribution in [0.5, 0.6) is 0 Å². The Labute approximate surface area is 78.2 Å². The zero-order chi connectivity index (χ0) is 3.58. The molecule has 0 aliphatic carbocycles. The van der Waals surface area contributed by atoms with Gasteiger partial charge in [-0.15, -0.1) is 0 Å². The topological polar surface area (TPSA) is 184 Å². The van der Waals surface area contributed by atoms with Crippen LogP contribution in [-0.2, 0) is 34.7 Å². The van der Waals surface area contributed by atoms with Crippen molar-refractivity contribution in [1.29, 1.82) is 0 Å². The molecule has 0 saturated heterocycles. The van der Waals surface area contributed by atoms with Crippen LogP contribution in [0.4, 0.5) is 4.79 Å². The summed E-state index contributed by atoms with van der Waals surface area (Å²) in [5.74, 6) is 0. The van der Waals surface area contributed by atoms with E-state index < -0.39 is 6.16 Å². The first-order valence-electron chi connectivity index (χ1n) is 0.651. The quantitative estimate of drug-likeness (QED) is 0.454. The summed E-state index contributed by atoms with van der Waals surface area (Å²) in [7, 11) is 0. The Morgan fingerprint density at radius 2 is 0.800 bits per heavy atom. The molecule has 68 valence electrons. The third-order valence-electron chi connectivity index (χ3n) is 0. The van der Waals surface area contributed by atoms with Gasteiger partial charge in [0.2, 0.25) is 0 Å². The zero-order valence-corrected chi connectivity index (χ0v) is 7.17. The van der Waals surface area contributed by atoms with Crippen molar-refractivity contribution in [2.45, 2.75) is 0 Å². The minimum atomic E-state index is -1.83. The molecule has 0 rings (SSSR count). The van der Waals surface area contributed by atoms with Crippen molar-refractivity contribution >= 4 is 6.16 Å². The average molecular weight is 238 g/mol. The number of rotatable bonds is 0. The third kappa shape index (κ3) is 13800. The van der Waals surface area contributed by atoms with Crippen LogP contribution in [0.2, 0.25) is 0 Å². The van der Waals surface area contributed by atoms with Gasteiger partial charge in [-0.2, -0.15) is 0 Å². The second kappa shape index (κ2) is 60.8. The Hall–Kier alpha value is 0.175. The van der Waals surface area contributed by atoms with Crippen molar-refractivity contribution in [3.8, 4) is 0 Å². The number of carboxylic acid groups (broad SMARTS) is 2. The van der Waals surface area contributed by atoms with E-state index in [0.717, 1.165) is 0 Å². The Bertz CT molecular complexity index is 34.6. The van der Waals surface area contributed by atoms with Gasteiger partial charge in [0, 0.05) is 34.7 Å². The predicted molar refractivity (Wildman–Crippen MR) is 25.1 cm³/mol. The van der Waals surface area contributed by atoms with E-state index >= 15 is 0 Å². The predicted octanol–water partition coefficient (Wildman–Crippen LogP) is -3.08. The molecule has 0 radical (unpaired) electrons. The van der Waals surface area contributed by atoms with Crippen LogP contribution >= 0.6 is 0 Å². The van der Waals surface area contributed by atoms with Crippen LogP contribution in [0.1, 0.15) is 0 Å². The first-order chi connectivity index (χ1) is 1.73. The van der Waals surface area contributed by atoms with Crippen LogP contribution in [0, 0.1) is 0 Å². The molecule has 0 fully saturated rings. The normalized spacial score (nSPS) is 2.40. The number of hydrogen-bond acceptors (Lipinski definition) is 1. The number of carbonyl (C=O) groups is 1. The molecule has 0 aliphatic heterocycles. The standard InChI is InChI=1S/CH2O3.2Cr.4H2O/c2-1(3)4;;;;;;/h(H2,2,3,4);;;4*1H2. The summed E-state index contributed by atoms with van der Waals surface area (Å²) in [6, 6.07) is 0. The van der Waals surface area contributed by atoms with E-state index in [0.29, 0.717) is 0 Å². The van der Waals surface area contributed by atoms with E-state index in [4.69, 9.17) is 15.0 Å². The largest absolute Gasteiger partial charge is 0.503 e. The van der Waals surface area contributed by atoms with Gasteiger partial charge in [-0.25, -0.2) is 4.79 Å². The maximum atomic E-state index is 8.56. The van der Waals surface area contributed by atoms with Gasteiger partial charge in [0.25, 0.3) is 0 Å². The second-order valence-electron chi connectivity index (χ2n) is 0.283. The minimum Gasteiger partial charge on any atom is -0.450 e. The second-order valence-corrected chi connectivity index (χ2v) is 0.283. The monoisotopic (exact) mass is 238 g/mol. The first-order valence-corrected chi connectivity index (χ1v) is 0.651. The molecule has 0 saturated carbocycles. The molecule has 9 heteroatoms. The van der Waals surface area contributed by atoms with E-state index in [1.165, 1.54) is 0 Å². The SMILES string of the molecule is O.O.O.O.O=C(O)O.[Cr].[Cr]. The fraction of sp³-hybridized carbons (Fsp3) is 0. The molecule has 0 aromatic heterocycles. The summed E-state index contributed by atoms with van der Waals surface area (Å²) in [5.41, 5.74) is 0. The summed E-state index contributed by atoms with van der Waals surface area (Å²) < 4.78 is 0. The molecule has 0 spiro atoms. The van der Waals surface area contributed by atoms with Crippen LogP contribution in [0.3, 0.4) is 0 Å². The first kappa shape index (κ1) is 85.0.